The lowest BCUT2D eigenvalue weighted by molar-refractivity contribution is 0.356. The number of halogens is 1. The number of nitrogens with one attached hydrogen (secondary N) is 1. The topological polar surface area (TPSA) is 63.6 Å². The number of fused-ring (bicyclic) bond motifs is 1. The first-order chi connectivity index (χ1) is 11.1. The zero-order chi connectivity index (χ0) is 16.4. The van der Waals surface area contributed by atoms with Gasteiger partial charge in [-0.2, -0.15) is 0 Å². The maximum atomic E-state index is 9.59. The van der Waals surface area contributed by atoms with Gasteiger partial charge in [0.15, 0.2) is 11.5 Å². The Morgan fingerprint density at radius 2 is 1.78 bits per heavy atom. The molecule has 23 heavy (non-hydrogen) atoms. The molecule has 0 aliphatic heterocycles. The van der Waals surface area contributed by atoms with Crippen LogP contribution < -0.4 is 14.8 Å². The average Bonchev–Trinajstić information content (AvgIpc) is 2.57. The molecule has 1 heterocycles. The Morgan fingerprint density at radius 1 is 1.04 bits per heavy atom. The van der Waals surface area contributed by atoms with Gasteiger partial charge in [0.25, 0.3) is 0 Å². The Bertz CT molecular complexity index is 868. The van der Waals surface area contributed by atoms with Crippen molar-refractivity contribution >= 4 is 38.2 Å². The number of anilines is 2. The summed E-state index contributed by atoms with van der Waals surface area (Å²) in [5.41, 5.74) is 2.52. The van der Waals surface area contributed by atoms with Gasteiger partial charge in [-0.1, -0.05) is 0 Å². The summed E-state index contributed by atoms with van der Waals surface area (Å²) < 4.78 is 11.3. The number of hydrogen-bond donors (Lipinski definition) is 2. The summed E-state index contributed by atoms with van der Waals surface area (Å²) in [7, 11) is 3.20. The van der Waals surface area contributed by atoms with Crippen molar-refractivity contribution < 1.29 is 14.6 Å². The highest BCUT2D eigenvalue weighted by Gasteiger charge is 2.10. The number of pyridine rings is 1. The van der Waals surface area contributed by atoms with Gasteiger partial charge in [0, 0.05) is 29.0 Å². The summed E-state index contributed by atoms with van der Waals surface area (Å²) in [4.78, 5) is 4.37. The summed E-state index contributed by atoms with van der Waals surface area (Å²) in [6.07, 6.45) is 1.73. The number of nitrogens with zero attached hydrogens (tertiary/aromatic N) is 1. The first-order valence-corrected chi connectivity index (χ1v) is 7.68. The van der Waals surface area contributed by atoms with Crippen LogP contribution in [0.5, 0.6) is 17.2 Å². The van der Waals surface area contributed by atoms with E-state index in [1.165, 1.54) is 0 Å². The van der Waals surface area contributed by atoms with Crippen molar-refractivity contribution in [2.45, 2.75) is 0 Å². The number of phenolic OH excluding ortho intramolecular Hbond substituents is 1. The van der Waals surface area contributed by atoms with E-state index >= 15 is 0 Å². The molecule has 3 rings (SSSR count). The summed E-state index contributed by atoms with van der Waals surface area (Å²) in [5.74, 6) is 1.47. The summed E-state index contributed by atoms with van der Waals surface area (Å²) in [6, 6.07) is 10.8. The fraction of sp³-hybridized carbons (Fsp3) is 0.118. The SMILES string of the molecule is COc1cc2nccc(Nc3ccc(O)c(Br)c3)c2cc1OC. The molecule has 0 saturated heterocycles. The minimum absolute atomic E-state index is 0.196. The smallest absolute Gasteiger partial charge is 0.162 e. The number of ether oxygens (including phenoxy) is 2. The van der Waals surface area contributed by atoms with E-state index in [2.05, 4.69) is 26.2 Å². The van der Waals surface area contributed by atoms with Crippen molar-refractivity contribution in [3.63, 3.8) is 0 Å². The van der Waals surface area contributed by atoms with Crippen LogP contribution >= 0.6 is 15.9 Å². The molecule has 0 saturated carbocycles. The zero-order valence-electron chi connectivity index (χ0n) is 12.6. The van der Waals surface area contributed by atoms with Gasteiger partial charge in [-0.15, -0.1) is 0 Å². The predicted molar refractivity (Wildman–Crippen MR) is 93.9 cm³/mol. The molecule has 118 valence electrons. The van der Waals surface area contributed by atoms with Crippen LogP contribution in [0, 0.1) is 0 Å². The first kappa shape index (κ1) is 15.4. The fourth-order valence-electron chi connectivity index (χ4n) is 2.32. The molecule has 0 aliphatic carbocycles. The van der Waals surface area contributed by atoms with Crippen LogP contribution in [0.3, 0.4) is 0 Å². The molecule has 0 aliphatic rings. The third-order valence-electron chi connectivity index (χ3n) is 3.47. The maximum absolute atomic E-state index is 9.59. The Hall–Kier alpha value is -2.47. The molecular weight excluding hydrogens is 360 g/mol. The van der Waals surface area contributed by atoms with E-state index in [0.717, 1.165) is 22.3 Å². The van der Waals surface area contributed by atoms with E-state index in [4.69, 9.17) is 9.47 Å². The predicted octanol–water partition coefficient (Wildman–Crippen LogP) is 4.46. The van der Waals surface area contributed by atoms with E-state index < -0.39 is 0 Å². The van der Waals surface area contributed by atoms with E-state index in [1.807, 2.05) is 24.3 Å². The van der Waals surface area contributed by atoms with E-state index in [0.29, 0.717) is 16.0 Å². The second-order valence-corrected chi connectivity index (χ2v) is 5.73. The molecule has 6 heteroatoms. The molecule has 0 unspecified atom stereocenters. The third-order valence-corrected chi connectivity index (χ3v) is 4.11. The van der Waals surface area contributed by atoms with Crippen molar-refractivity contribution in [2.75, 3.05) is 19.5 Å². The van der Waals surface area contributed by atoms with Gasteiger partial charge in [0.1, 0.15) is 5.75 Å². The van der Waals surface area contributed by atoms with Gasteiger partial charge in [0.2, 0.25) is 0 Å². The zero-order valence-corrected chi connectivity index (χ0v) is 14.2. The highest BCUT2D eigenvalue weighted by molar-refractivity contribution is 9.10. The molecule has 2 aromatic carbocycles. The Labute approximate surface area is 142 Å². The second kappa shape index (κ2) is 6.34. The van der Waals surface area contributed by atoms with Crippen molar-refractivity contribution in [3.05, 3.63) is 47.1 Å². The minimum atomic E-state index is 0.196. The van der Waals surface area contributed by atoms with Crippen LogP contribution in [-0.2, 0) is 0 Å². The average molecular weight is 375 g/mol. The second-order valence-electron chi connectivity index (χ2n) is 4.87. The number of benzene rings is 2. The third kappa shape index (κ3) is 3.03. The quantitative estimate of drug-likeness (QED) is 0.659. The lowest BCUT2D eigenvalue weighted by Gasteiger charge is -2.13. The van der Waals surface area contributed by atoms with Gasteiger partial charge in [0.05, 0.1) is 24.2 Å². The minimum Gasteiger partial charge on any atom is -0.507 e. The number of aromatic hydroxyl groups is 1. The summed E-state index contributed by atoms with van der Waals surface area (Å²) in [6.45, 7) is 0. The van der Waals surface area contributed by atoms with Gasteiger partial charge in [-0.05, 0) is 46.3 Å². The summed E-state index contributed by atoms with van der Waals surface area (Å²) in [5, 5.41) is 13.8. The van der Waals surface area contributed by atoms with E-state index in [9.17, 15) is 5.11 Å². The van der Waals surface area contributed by atoms with Gasteiger partial charge < -0.3 is 19.9 Å². The van der Waals surface area contributed by atoms with Crippen molar-refractivity contribution in [2.24, 2.45) is 0 Å². The van der Waals surface area contributed by atoms with E-state index in [1.54, 1.807) is 32.5 Å². The first-order valence-electron chi connectivity index (χ1n) is 6.88. The molecule has 0 spiro atoms. The van der Waals surface area contributed by atoms with Crippen molar-refractivity contribution in [1.29, 1.82) is 0 Å². The van der Waals surface area contributed by atoms with Crippen LogP contribution in [0.15, 0.2) is 47.1 Å². The highest BCUT2D eigenvalue weighted by Crippen LogP contribution is 2.36. The number of hydrogen-bond acceptors (Lipinski definition) is 5. The summed E-state index contributed by atoms with van der Waals surface area (Å²) >= 11 is 3.31. The molecule has 0 radical (unpaired) electrons. The van der Waals surface area contributed by atoms with Crippen LogP contribution in [0.1, 0.15) is 0 Å². The maximum Gasteiger partial charge on any atom is 0.162 e. The number of phenols is 1. The lowest BCUT2D eigenvalue weighted by Crippen LogP contribution is -1.95. The number of rotatable bonds is 4. The van der Waals surface area contributed by atoms with Crippen molar-refractivity contribution in [1.82, 2.24) is 4.98 Å². The van der Waals surface area contributed by atoms with Gasteiger partial charge in [-0.25, -0.2) is 0 Å². The molecule has 1 aromatic heterocycles. The largest absolute Gasteiger partial charge is 0.507 e. The fourth-order valence-corrected chi connectivity index (χ4v) is 2.70. The molecule has 3 aromatic rings. The number of methoxy groups -OCH3 is 2. The van der Waals surface area contributed by atoms with E-state index in [-0.39, 0.29) is 5.75 Å². The lowest BCUT2D eigenvalue weighted by atomic mass is 10.1. The molecule has 0 atom stereocenters. The Morgan fingerprint density at radius 3 is 2.48 bits per heavy atom. The van der Waals surface area contributed by atoms with Crippen LogP contribution in [0.4, 0.5) is 11.4 Å². The molecule has 0 bridgehead atoms. The highest BCUT2D eigenvalue weighted by atomic mass is 79.9. The molecule has 0 fully saturated rings. The monoisotopic (exact) mass is 374 g/mol. The Kier molecular flexibility index (Phi) is 4.25. The van der Waals surface area contributed by atoms with Gasteiger partial charge >= 0.3 is 0 Å². The van der Waals surface area contributed by atoms with Crippen LogP contribution in [-0.4, -0.2) is 24.3 Å². The molecule has 5 nitrogen and oxygen atoms in total. The Balaban J connectivity index is 2.08. The normalized spacial score (nSPS) is 10.6. The van der Waals surface area contributed by atoms with Crippen LogP contribution in [0.25, 0.3) is 10.9 Å². The van der Waals surface area contributed by atoms with Crippen LogP contribution in [0.2, 0.25) is 0 Å². The standard InChI is InChI=1S/C17H15BrN2O3/c1-22-16-8-11-13(5-6-19-14(11)9-17(16)23-2)20-10-3-4-15(21)12(18)7-10/h3-9,21H,1-2H3,(H,19,20). The number of aromatic nitrogens is 1. The van der Waals surface area contributed by atoms with Crippen molar-refractivity contribution in [3.8, 4) is 17.2 Å². The van der Waals surface area contributed by atoms with Gasteiger partial charge in [-0.3, -0.25) is 4.98 Å². The molecular formula is C17H15BrN2O3. The molecule has 2 N–H and O–H groups in total. The molecule has 0 amide bonds.